The molecule has 1 unspecified atom stereocenters. The van der Waals surface area contributed by atoms with Crippen molar-refractivity contribution in [1.82, 2.24) is 0 Å². The predicted octanol–water partition coefficient (Wildman–Crippen LogP) is 1.69. The molecule has 0 heterocycles. The zero-order chi connectivity index (χ0) is 6.91. The second kappa shape index (κ2) is 2.43. The van der Waals surface area contributed by atoms with Crippen molar-refractivity contribution in [3.05, 3.63) is 0 Å². The van der Waals surface area contributed by atoms with Crippen LogP contribution in [-0.4, -0.2) is 17.2 Å². The van der Waals surface area contributed by atoms with Gasteiger partial charge in [0.05, 0.1) is 0 Å². The lowest BCUT2D eigenvalue weighted by molar-refractivity contribution is 0.476. The van der Waals surface area contributed by atoms with Crippen LogP contribution in [0, 0.1) is 5.92 Å². The van der Waals surface area contributed by atoms with Crippen molar-refractivity contribution in [2.75, 3.05) is 12.3 Å². The Labute approximate surface area is 55.7 Å². The standard InChI is InChI=1S/C6H13O2P/c1-2-9(7,8)5-6-3-4-6/h6H,2-5H2,1H3,(H,7,8). The molecule has 0 aliphatic heterocycles. The number of hydrogen-bond donors (Lipinski definition) is 1. The molecule has 0 bridgehead atoms. The fourth-order valence-corrected chi connectivity index (χ4v) is 2.26. The molecule has 0 aromatic heterocycles. The van der Waals surface area contributed by atoms with Gasteiger partial charge in [-0.2, -0.15) is 0 Å². The van der Waals surface area contributed by atoms with Crippen LogP contribution >= 0.6 is 7.37 Å². The van der Waals surface area contributed by atoms with Gasteiger partial charge >= 0.3 is 0 Å². The van der Waals surface area contributed by atoms with Gasteiger partial charge < -0.3 is 4.89 Å². The van der Waals surface area contributed by atoms with E-state index in [2.05, 4.69) is 0 Å². The van der Waals surface area contributed by atoms with Gasteiger partial charge in [0, 0.05) is 12.3 Å². The van der Waals surface area contributed by atoms with Crippen LogP contribution in [0.2, 0.25) is 0 Å². The lowest BCUT2D eigenvalue weighted by Crippen LogP contribution is -1.92. The Hall–Kier alpha value is 0.190. The minimum Gasteiger partial charge on any atom is -0.344 e. The van der Waals surface area contributed by atoms with Gasteiger partial charge in [0.2, 0.25) is 7.37 Å². The van der Waals surface area contributed by atoms with Crippen LogP contribution in [0.5, 0.6) is 0 Å². The van der Waals surface area contributed by atoms with Crippen molar-refractivity contribution in [2.24, 2.45) is 5.92 Å². The first kappa shape index (κ1) is 7.30. The summed E-state index contributed by atoms with van der Waals surface area (Å²) in [5, 5.41) is 0. The zero-order valence-corrected chi connectivity index (χ0v) is 6.60. The van der Waals surface area contributed by atoms with Gasteiger partial charge in [0.25, 0.3) is 0 Å². The lowest BCUT2D eigenvalue weighted by atomic mass is 10.5. The van der Waals surface area contributed by atoms with Crippen LogP contribution in [0.1, 0.15) is 19.8 Å². The SMILES string of the molecule is CCP(=O)(O)CC1CC1. The maximum atomic E-state index is 11.0. The molecular weight excluding hydrogens is 135 g/mol. The molecule has 9 heavy (non-hydrogen) atoms. The summed E-state index contributed by atoms with van der Waals surface area (Å²) >= 11 is 0. The summed E-state index contributed by atoms with van der Waals surface area (Å²) < 4.78 is 11.0. The molecule has 1 atom stereocenters. The van der Waals surface area contributed by atoms with Crippen LogP contribution in [0.4, 0.5) is 0 Å². The Kier molecular flexibility index (Phi) is 1.97. The molecule has 1 aliphatic carbocycles. The fourth-order valence-electron chi connectivity index (χ4n) is 0.833. The van der Waals surface area contributed by atoms with Crippen molar-refractivity contribution in [1.29, 1.82) is 0 Å². The molecule has 0 aromatic carbocycles. The highest BCUT2D eigenvalue weighted by atomic mass is 31.2. The Morgan fingerprint density at radius 3 is 2.56 bits per heavy atom. The molecule has 1 N–H and O–H groups in total. The van der Waals surface area contributed by atoms with Gasteiger partial charge in [-0.3, -0.25) is 4.57 Å². The van der Waals surface area contributed by atoms with E-state index in [1.54, 1.807) is 6.92 Å². The highest BCUT2D eigenvalue weighted by molar-refractivity contribution is 7.57. The molecule has 1 aliphatic rings. The summed E-state index contributed by atoms with van der Waals surface area (Å²) in [6.45, 7) is 1.78. The quantitative estimate of drug-likeness (QED) is 0.618. The zero-order valence-electron chi connectivity index (χ0n) is 5.71. The third-order valence-corrected chi connectivity index (χ3v) is 3.81. The summed E-state index contributed by atoms with van der Waals surface area (Å²) in [6.07, 6.45) is 3.36. The second-order valence-corrected chi connectivity index (χ2v) is 5.48. The maximum Gasteiger partial charge on any atom is 0.200 e. The third kappa shape index (κ3) is 2.51. The molecule has 0 spiro atoms. The average Bonchev–Trinajstić information content (AvgIpc) is 2.50. The molecule has 1 saturated carbocycles. The Morgan fingerprint density at radius 1 is 1.67 bits per heavy atom. The van der Waals surface area contributed by atoms with E-state index in [4.69, 9.17) is 4.89 Å². The minimum absolute atomic E-state index is 0.448. The molecular formula is C6H13O2P. The van der Waals surface area contributed by atoms with E-state index in [0.29, 0.717) is 18.2 Å². The first-order valence-corrected chi connectivity index (χ1v) is 5.48. The second-order valence-electron chi connectivity index (χ2n) is 2.79. The first-order valence-electron chi connectivity index (χ1n) is 3.45. The normalized spacial score (nSPS) is 25.6. The van der Waals surface area contributed by atoms with E-state index in [1.807, 2.05) is 0 Å². The van der Waals surface area contributed by atoms with Gasteiger partial charge in [-0.1, -0.05) is 6.92 Å². The highest BCUT2D eigenvalue weighted by Gasteiger charge is 2.29. The Bertz CT molecular complexity index is 140. The summed E-state index contributed by atoms with van der Waals surface area (Å²) in [7, 11) is -2.67. The van der Waals surface area contributed by atoms with Crippen molar-refractivity contribution >= 4 is 7.37 Å². The summed E-state index contributed by atoms with van der Waals surface area (Å²) in [5.74, 6) is 0.584. The van der Waals surface area contributed by atoms with Crippen molar-refractivity contribution < 1.29 is 9.46 Å². The van der Waals surface area contributed by atoms with Crippen LogP contribution in [-0.2, 0) is 4.57 Å². The van der Waals surface area contributed by atoms with Gasteiger partial charge in [-0.25, -0.2) is 0 Å². The summed E-state index contributed by atoms with van der Waals surface area (Å²) in [6, 6.07) is 0. The molecule has 3 heteroatoms. The summed E-state index contributed by atoms with van der Waals surface area (Å²) in [4.78, 5) is 9.09. The fraction of sp³-hybridized carbons (Fsp3) is 1.00. The monoisotopic (exact) mass is 148 g/mol. The summed E-state index contributed by atoms with van der Waals surface area (Å²) in [5.41, 5.74) is 0. The Morgan fingerprint density at radius 2 is 2.22 bits per heavy atom. The van der Waals surface area contributed by atoms with Gasteiger partial charge in [-0.15, -0.1) is 0 Å². The van der Waals surface area contributed by atoms with Crippen molar-refractivity contribution in [2.45, 2.75) is 19.8 Å². The average molecular weight is 148 g/mol. The van der Waals surface area contributed by atoms with Crippen LogP contribution in [0.15, 0.2) is 0 Å². The van der Waals surface area contributed by atoms with E-state index in [9.17, 15) is 4.57 Å². The smallest absolute Gasteiger partial charge is 0.200 e. The number of rotatable bonds is 3. The number of hydrogen-bond acceptors (Lipinski definition) is 1. The molecule has 54 valence electrons. The molecule has 0 radical (unpaired) electrons. The predicted molar refractivity (Wildman–Crippen MR) is 38.0 cm³/mol. The maximum absolute atomic E-state index is 11.0. The van der Waals surface area contributed by atoms with Crippen LogP contribution < -0.4 is 0 Å². The van der Waals surface area contributed by atoms with Crippen molar-refractivity contribution in [3.8, 4) is 0 Å². The highest BCUT2D eigenvalue weighted by Crippen LogP contribution is 2.48. The first-order chi connectivity index (χ1) is 4.14. The minimum atomic E-state index is -2.67. The van der Waals surface area contributed by atoms with E-state index in [0.717, 1.165) is 0 Å². The third-order valence-electron chi connectivity index (χ3n) is 1.73. The van der Waals surface area contributed by atoms with E-state index in [1.165, 1.54) is 12.8 Å². The molecule has 2 nitrogen and oxygen atoms in total. The molecule has 1 fully saturated rings. The van der Waals surface area contributed by atoms with E-state index < -0.39 is 7.37 Å². The molecule has 1 rings (SSSR count). The van der Waals surface area contributed by atoms with E-state index >= 15 is 0 Å². The van der Waals surface area contributed by atoms with Crippen molar-refractivity contribution in [3.63, 3.8) is 0 Å². The topological polar surface area (TPSA) is 37.3 Å². The van der Waals surface area contributed by atoms with Crippen LogP contribution in [0.3, 0.4) is 0 Å². The lowest BCUT2D eigenvalue weighted by Gasteiger charge is -2.05. The van der Waals surface area contributed by atoms with Gasteiger partial charge in [0.15, 0.2) is 0 Å². The molecule has 0 saturated heterocycles. The largest absolute Gasteiger partial charge is 0.344 e. The Balaban J connectivity index is 2.30. The molecule has 0 aromatic rings. The molecule has 0 amide bonds. The van der Waals surface area contributed by atoms with Gasteiger partial charge in [0.1, 0.15) is 0 Å². The van der Waals surface area contributed by atoms with E-state index in [-0.39, 0.29) is 0 Å². The van der Waals surface area contributed by atoms with Crippen LogP contribution in [0.25, 0.3) is 0 Å². The van der Waals surface area contributed by atoms with Gasteiger partial charge in [-0.05, 0) is 18.8 Å².